The summed E-state index contributed by atoms with van der Waals surface area (Å²) in [7, 11) is -3.68. The summed E-state index contributed by atoms with van der Waals surface area (Å²) in [5.74, 6) is -0.493. The highest BCUT2D eigenvalue weighted by atomic mass is 35.5. The molecular formula is C13H14ClFN4O2S. The molecule has 1 aliphatic heterocycles. The number of halogens is 2. The Bertz CT molecular complexity index is 787. The van der Waals surface area contributed by atoms with Gasteiger partial charge in [0, 0.05) is 26.2 Å². The lowest BCUT2D eigenvalue weighted by Gasteiger charge is -2.26. The summed E-state index contributed by atoms with van der Waals surface area (Å²) in [6.07, 6.45) is 1.38. The number of aromatic nitrogens is 2. The summed E-state index contributed by atoms with van der Waals surface area (Å²) < 4.78 is 41.3. The van der Waals surface area contributed by atoms with Gasteiger partial charge >= 0.3 is 0 Å². The van der Waals surface area contributed by atoms with Gasteiger partial charge in [-0.05, 0) is 24.3 Å². The maximum Gasteiger partial charge on any atom is 0.260 e. The number of nitrogens with zero attached hydrogens (tertiary/aromatic N) is 3. The van der Waals surface area contributed by atoms with Gasteiger partial charge in [0.05, 0.1) is 16.9 Å². The molecule has 22 heavy (non-hydrogen) atoms. The Morgan fingerprint density at radius 1 is 1.23 bits per heavy atom. The van der Waals surface area contributed by atoms with Crippen molar-refractivity contribution in [2.45, 2.75) is 5.03 Å². The molecule has 2 aromatic rings. The minimum atomic E-state index is -3.68. The number of rotatable bonds is 3. The lowest BCUT2D eigenvalue weighted by molar-refractivity contribution is 0.358. The first-order chi connectivity index (χ1) is 10.5. The van der Waals surface area contributed by atoms with E-state index in [1.165, 1.54) is 33.4 Å². The smallest absolute Gasteiger partial charge is 0.260 e. The van der Waals surface area contributed by atoms with Crippen LogP contribution in [-0.4, -0.2) is 48.7 Å². The normalized spacial score (nSPS) is 16.8. The standard InChI is InChI=1S/C13H14ClFN4O2S/c14-11-9-10(15)1-2-12(11)19-13(3-4-17-19)22(20,21)18-7-5-16-6-8-18/h1-4,9,16H,5-8H2. The van der Waals surface area contributed by atoms with Crippen LogP contribution in [0.25, 0.3) is 5.69 Å². The second-order valence-electron chi connectivity index (χ2n) is 4.83. The van der Waals surface area contributed by atoms with Crippen molar-refractivity contribution in [1.82, 2.24) is 19.4 Å². The second kappa shape index (κ2) is 5.96. The summed E-state index contributed by atoms with van der Waals surface area (Å²) in [6, 6.07) is 5.16. The number of piperazine rings is 1. The maximum absolute atomic E-state index is 13.2. The Labute approximate surface area is 132 Å². The molecule has 0 bridgehead atoms. The van der Waals surface area contributed by atoms with Crippen LogP contribution in [0.15, 0.2) is 35.5 Å². The molecule has 118 valence electrons. The molecule has 9 heteroatoms. The zero-order valence-corrected chi connectivity index (χ0v) is 13.1. The van der Waals surface area contributed by atoms with Crippen molar-refractivity contribution in [3.05, 3.63) is 41.3 Å². The molecular weight excluding hydrogens is 331 g/mol. The zero-order chi connectivity index (χ0) is 15.7. The number of hydrogen-bond donors (Lipinski definition) is 1. The minimum Gasteiger partial charge on any atom is -0.314 e. The lowest BCUT2D eigenvalue weighted by Crippen LogP contribution is -2.46. The van der Waals surface area contributed by atoms with E-state index in [0.717, 1.165) is 6.07 Å². The Balaban J connectivity index is 2.05. The summed E-state index contributed by atoms with van der Waals surface area (Å²) in [5.41, 5.74) is 0.321. The van der Waals surface area contributed by atoms with E-state index in [0.29, 0.717) is 31.9 Å². The third-order valence-corrected chi connectivity index (χ3v) is 5.61. The van der Waals surface area contributed by atoms with Crippen molar-refractivity contribution in [1.29, 1.82) is 0 Å². The number of sulfonamides is 1. The van der Waals surface area contributed by atoms with E-state index < -0.39 is 15.8 Å². The molecule has 1 fully saturated rings. The first kappa shape index (κ1) is 15.4. The highest BCUT2D eigenvalue weighted by molar-refractivity contribution is 7.89. The predicted molar refractivity (Wildman–Crippen MR) is 80.2 cm³/mol. The molecule has 0 radical (unpaired) electrons. The van der Waals surface area contributed by atoms with E-state index in [1.54, 1.807) is 0 Å². The molecule has 0 aliphatic carbocycles. The summed E-state index contributed by atoms with van der Waals surface area (Å²) in [5, 5.41) is 7.24. The molecule has 0 saturated carbocycles. The van der Waals surface area contributed by atoms with Crippen LogP contribution in [0.2, 0.25) is 5.02 Å². The second-order valence-corrected chi connectivity index (χ2v) is 7.12. The van der Waals surface area contributed by atoms with E-state index in [4.69, 9.17) is 11.6 Å². The van der Waals surface area contributed by atoms with Crippen molar-refractivity contribution in [2.75, 3.05) is 26.2 Å². The third-order valence-electron chi connectivity index (χ3n) is 3.43. The summed E-state index contributed by atoms with van der Waals surface area (Å²) in [4.78, 5) is 0. The Hall–Kier alpha value is -1.48. The fourth-order valence-electron chi connectivity index (χ4n) is 2.34. The topological polar surface area (TPSA) is 67.2 Å². The highest BCUT2D eigenvalue weighted by Crippen LogP contribution is 2.25. The largest absolute Gasteiger partial charge is 0.314 e. The molecule has 0 amide bonds. The SMILES string of the molecule is O=S(=O)(c1ccnn1-c1ccc(F)cc1Cl)N1CCNCC1. The van der Waals surface area contributed by atoms with Gasteiger partial charge in [-0.2, -0.15) is 9.40 Å². The number of hydrogen-bond acceptors (Lipinski definition) is 4. The van der Waals surface area contributed by atoms with Crippen LogP contribution >= 0.6 is 11.6 Å². The minimum absolute atomic E-state index is 0.0166. The van der Waals surface area contributed by atoms with Gasteiger partial charge in [-0.25, -0.2) is 17.5 Å². The van der Waals surface area contributed by atoms with Crippen molar-refractivity contribution in [3.63, 3.8) is 0 Å². The molecule has 3 rings (SSSR count). The summed E-state index contributed by atoms with van der Waals surface area (Å²) in [6.45, 7) is 1.99. The van der Waals surface area contributed by atoms with Crippen molar-refractivity contribution >= 4 is 21.6 Å². The number of nitrogens with one attached hydrogen (secondary N) is 1. The average Bonchev–Trinajstić information content (AvgIpc) is 2.98. The van der Waals surface area contributed by atoms with Gasteiger partial charge in [-0.15, -0.1) is 0 Å². The van der Waals surface area contributed by atoms with Gasteiger partial charge in [-0.3, -0.25) is 0 Å². The quantitative estimate of drug-likeness (QED) is 0.910. The molecule has 0 unspecified atom stereocenters. The Kier molecular flexibility index (Phi) is 4.18. The van der Waals surface area contributed by atoms with Gasteiger partial charge in [0.25, 0.3) is 10.0 Å². The van der Waals surface area contributed by atoms with E-state index in [2.05, 4.69) is 10.4 Å². The fourth-order valence-corrected chi connectivity index (χ4v) is 4.11. The van der Waals surface area contributed by atoms with Gasteiger partial charge in [-0.1, -0.05) is 11.6 Å². The predicted octanol–water partition coefficient (Wildman–Crippen LogP) is 1.26. The van der Waals surface area contributed by atoms with Gasteiger partial charge in [0.15, 0.2) is 5.03 Å². The van der Waals surface area contributed by atoms with Crippen LogP contribution in [-0.2, 0) is 10.0 Å². The van der Waals surface area contributed by atoms with E-state index >= 15 is 0 Å². The third kappa shape index (κ3) is 2.74. The van der Waals surface area contributed by atoms with Gasteiger partial charge < -0.3 is 5.32 Å². The van der Waals surface area contributed by atoms with Crippen LogP contribution in [0.3, 0.4) is 0 Å². The van der Waals surface area contributed by atoms with Crippen LogP contribution in [0.5, 0.6) is 0 Å². The van der Waals surface area contributed by atoms with E-state index in [-0.39, 0.29) is 10.0 Å². The average molecular weight is 345 g/mol. The zero-order valence-electron chi connectivity index (χ0n) is 11.5. The van der Waals surface area contributed by atoms with Crippen molar-refractivity contribution in [3.8, 4) is 5.69 Å². The molecule has 0 spiro atoms. The maximum atomic E-state index is 13.2. The van der Waals surface area contributed by atoms with Crippen molar-refractivity contribution < 1.29 is 12.8 Å². The monoisotopic (exact) mass is 344 g/mol. The first-order valence-electron chi connectivity index (χ1n) is 6.70. The molecule has 1 saturated heterocycles. The molecule has 2 heterocycles. The molecule has 1 aromatic heterocycles. The Morgan fingerprint density at radius 3 is 2.64 bits per heavy atom. The molecule has 1 aliphatic rings. The van der Waals surface area contributed by atoms with Crippen LogP contribution in [0, 0.1) is 5.82 Å². The number of benzene rings is 1. The molecule has 1 aromatic carbocycles. The summed E-state index contributed by atoms with van der Waals surface area (Å²) >= 11 is 6.01. The van der Waals surface area contributed by atoms with Crippen LogP contribution < -0.4 is 5.32 Å². The van der Waals surface area contributed by atoms with Crippen LogP contribution in [0.4, 0.5) is 4.39 Å². The van der Waals surface area contributed by atoms with E-state index in [1.807, 2.05) is 0 Å². The van der Waals surface area contributed by atoms with E-state index in [9.17, 15) is 12.8 Å². The molecule has 6 nitrogen and oxygen atoms in total. The van der Waals surface area contributed by atoms with Gasteiger partial charge in [0.1, 0.15) is 5.82 Å². The van der Waals surface area contributed by atoms with Gasteiger partial charge in [0.2, 0.25) is 0 Å². The Morgan fingerprint density at radius 2 is 1.95 bits per heavy atom. The lowest BCUT2D eigenvalue weighted by atomic mass is 10.3. The fraction of sp³-hybridized carbons (Fsp3) is 0.308. The molecule has 1 N–H and O–H groups in total. The van der Waals surface area contributed by atoms with Crippen LogP contribution in [0.1, 0.15) is 0 Å². The van der Waals surface area contributed by atoms with Crippen molar-refractivity contribution in [2.24, 2.45) is 0 Å². The first-order valence-corrected chi connectivity index (χ1v) is 8.52. The molecule has 0 atom stereocenters. The highest BCUT2D eigenvalue weighted by Gasteiger charge is 2.29.